The SMILES string of the molecule is O=C(N[C@H]1CCCCC[C@H]1C(=O)O)c1ccsc1. The van der Waals surface area contributed by atoms with Gasteiger partial charge in [-0.15, -0.1) is 0 Å². The number of thiophene rings is 1. The monoisotopic (exact) mass is 267 g/mol. The van der Waals surface area contributed by atoms with Crippen LogP contribution in [-0.2, 0) is 4.79 Å². The summed E-state index contributed by atoms with van der Waals surface area (Å²) >= 11 is 1.46. The fraction of sp³-hybridized carbons (Fsp3) is 0.538. The van der Waals surface area contributed by atoms with E-state index in [0.717, 1.165) is 25.7 Å². The number of carboxylic acids is 1. The van der Waals surface area contributed by atoms with Crippen LogP contribution in [0.4, 0.5) is 0 Å². The second-order valence-corrected chi connectivity index (χ2v) is 5.45. The van der Waals surface area contributed by atoms with Crippen LogP contribution in [0.25, 0.3) is 0 Å². The van der Waals surface area contributed by atoms with Crippen molar-refractivity contribution in [2.75, 3.05) is 0 Å². The van der Waals surface area contributed by atoms with Crippen LogP contribution < -0.4 is 5.32 Å². The van der Waals surface area contributed by atoms with E-state index < -0.39 is 11.9 Å². The number of hydrogen-bond donors (Lipinski definition) is 2. The number of hydrogen-bond acceptors (Lipinski definition) is 3. The molecular weight excluding hydrogens is 250 g/mol. The van der Waals surface area contributed by atoms with E-state index in [1.807, 2.05) is 5.38 Å². The Morgan fingerprint density at radius 3 is 2.72 bits per heavy atom. The second kappa shape index (κ2) is 6.00. The Bertz CT molecular complexity index is 416. The summed E-state index contributed by atoms with van der Waals surface area (Å²) in [7, 11) is 0. The standard InChI is InChI=1S/C13H17NO3S/c15-12(9-6-7-18-8-9)14-11-5-3-1-2-4-10(11)13(16)17/h6-8,10-11H,1-5H2,(H,14,15)(H,16,17)/t10-,11+/m1/s1. The van der Waals surface area contributed by atoms with Gasteiger partial charge in [0.25, 0.3) is 5.91 Å². The van der Waals surface area contributed by atoms with Gasteiger partial charge in [0.05, 0.1) is 5.92 Å². The molecular formula is C13H17NO3S. The van der Waals surface area contributed by atoms with E-state index >= 15 is 0 Å². The van der Waals surface area contributed by atoms with Crippen LogP contribution in [0.5, 0.6) is 0 Å². The molecule has 1 saturated carbocycles. The van der Waals surface area contributed by atoms with Crippen molar-refractivity contribution in [3.05, 3.63) is 22.4 Å². The fourth-order valence-corrected chi connectivity index (χ4v) is 3.06. The van der Waals surface area contributed by atoms with E-state index in [1.54, 1.807) is 11.4 Å². The minimum absolute atomic E-state index is 0.158. The van der Waals surface area contributed by atoms with Gasteiger partial charge in [-0.2, -0.15) is 11.3 Å². The first-order chi connectivity index (χ1) is 8.68. The van der Waals surface area contributed by atoms with Crippen molar-refractivity contribution in [2.24, 2.45) is 5.92 Å². The molecule has 1 aliphatic rings. The first-order valence-electron chi connectivity index (χ1n) is 6.24. The number of rotatable bonds is 3. The third-order valence-corrected chi connectivity index (χ3v) is 4.12. The average Bonchev–Trinajstić information content (AvgIpc) is 2.77. The molecule has 1 amide bonds. The minimum Gasteiger partial charge on any atom is -0.481 e. The maximum atomic E-state index is 12.0. The molecule has 0 aliphatic heterocycles. The van der Waals surface area contributed by atoms with Crippen molar-refractivity contribution in [3.8, 4) is 0 Å². The van der Waals surface area contributed by atoms with Crippen molar-refractivity contribution in [1.82, 2.24) is 5.32 Å². The summed E-state index contributed by atoms with van der Waals surface area (Å²) in [6, 6.07) is 1.52. The lowest BCUT2D eigenvalue weighted by Gasteiger charge is -2.22. The van der Waals surface area contributed by atoms with E-state index in [1.165, 1.54) is 11.3 Å². The lowest BCUT2D eigenvalue weighted by atomic mass is 9.94. The first-order valence-corrected chi connectivity index (χ1v) is 7.18. The van der Waals surface area contributed by atoms with Gasteiger partial charge in [-0.05, 0) is 24.3 Å². The first kappa shape index (κ1) is 13.1. The summed E-state index contributed by atoms with van der Waals surface area (Å²) in [6.07, 6.45) is 4.38. The van der Waals surface area contributed by atoms with Gasteiger partial charge in [-0.25, -0.2) is 0 Å². The maximum Gasteiger partial charge on any atom is 0.308 e. The Morgan fingerprint density at radius 1 is 1.28 bits per heavy atom. The Hall–Kier alpha value is -1.36. The highest BCUT2D eigenvalue weighted by atomic mass is 32.1. The zero-order valence-corrected chi connectivity index (χ0v) is 10.9. The molecule has 1 fully saturated rings. The summed E-state index contributed by atoms with van der Waals surface area (Å²) in [6.45, 7) is 0. The highest BCUT2D eigenvalue weighted by Crippen LogP contribution is 2.24. The molecule has 98 valence electrons. The van der Waals surface area contributed by atoms with Gasteiger partial charge >= 0.3 is 5.97 Å². The summed E-state index contributed by atoms with van der Waals surface area (Å²) in [5, 5.41) is 15.7. The molecule has 1 aliphatic carbocycles. The number of nitrogens with one attached hydrogen (secondary N) is 1. The van der Waals surface area contributed by atoms with E-state index in [4.69, 9.17) is 0 Å². The number of amides is 1. The summed E-state index contributed by atoms with van der Waals surface area (Å²) < 4.78 is 0. The molecule has 0 unspecified atom stereocenters. The number of aliphatic carboxylic acids is 1. The summed E-state index contributed by atoms with van der Waals surface area (Å²) in [5.74, 6) is -1.41. The smallest absolute Gasteiger partial charge is 0.308 e. The predicted octanol–water partition coefficient (Wildman–Crippen LogP) is 2.51. The van der Waals surface area contributed by atoms with Crippen LogP contribution in [0.15, 0.2) is 16.8 Å². The highest BCUT2D eigenvalue weighted by molar-refractivity contribution is 7.08. The lowest BCUT2D eigenvalue weighted by Crippen LogP contribution is -2.42. The zero-order chi connectivity index (χ0) is 13.0. The molecule has 0 radical (unpaired) electrons. The molecule has 0 aromatic carbocycles. The molecule has 2 atom stereocenters. The van der Waals surface area contributed by atoms with Gasteiger partial charge < -0.3 is 10.4 Å². The van der Waals surface area contributed by atoms with Gasteiger partial charge in [0.1, 0.15) is 0 Å². The van der Waals surface area contributed by atoms with Crippen molar-refractivity contribution >= 4 is 23.2 Å². The van der Waals surface area contributed by atoms with E-state index in [0.29, 0.717) is 12.0 Å². The largest absolute Gasteiger partial charge is 0.481 e. The number of carboxylic acid groups (broad SMARTS) is 1. The van der Waals surface area contributed by atoms with Gasteiger partial charge in [0, 0.05) is 17.0 Å². The second-order valence-electron chi connectivity index (χ2n) is 4.67. The molecule has 2 rings (SSSR count). The molecule has 0 saturated heterocycles. The fourth-order valence-electron chi connectivity index (χ4n) is 2.42. The van der Waals surface area contributed by atoms with Crippen LogP contribution >= 0.6 is 11.3 Å². The quantitative estimate of drug-likeness (QED) is 0.827. The summed E-state index contributed by atoms with van der Waals surface area (Å²) in [4.78, 5) is 23.2. The van der Waals surface area contributed by atoms with Gasteiger partial charge in [0.15, 0.2) is 0 Å². The van der Waals surface area contributed by atoms with Crippen LogP contribution in [0.1, 0.15) is 42.5 Å². The minimum atomic E-state index is -0.799. The molecule has 1 aromatic rings. The van der Waals surface area contributed by atoms with Crippen LogP contribution in [0.2, 0.25) is 0 Å². The molecule has 2 N–H and O–H groups in total. The van der Waals surface area contributed by atoms with Crippen LogP contribution in [0, 0.1) is 5.92 Å². The molecule has 0 bridgehead atoms. The van der Waals surface area contributed by atoms with E-state index in [-0.39, 0.29) is 11.9 Å². The number of carbonyl (C=O) groups excluding carboxylic acids is 1. The Balaban J connectivity index is 2.04. The third-order valence-electron chi connectivity index (χ3n) is 3.43. The average molecular weight is 267 g/mol. The molecule has 1 heterocycles. The lowest BCUT2D eigenvalue weighted by molar-refractivity contribution is -0.142. The normalized spacial score (nSPS) is 24.2. The molecule has 4 nitrogen and oxygen atoms in total. The van der Waals surface area contributed by atoms with Gasteiger partial charge in [-0.3, -0.25) is 9.59 Å². The van der Waals surface area contributed by atoms with Crippen molar-refractivity contribution in [3.63, 3.8) is 0 Å². The molecule has 1 aromatic heterocycles. The van der Waals surface area contributed by atoms with Gasteiger partial charge in [-0.1, -0.05) is 19.3 Å². The van der Waals surface area contributed by atoms with Crippen LogP contribution in [-0.4, -0.2) is 23.0 Å². The summed E-state index contributed by atoms with van der Waals surface area (Å²) in [5.41, 5.74) is 0.619. The molecule has 18 heavy (non-hydrogen) atoms. The Labute approximate surface area is 110 Å². The third kappa shape index (κ3) is 3.10. The molecule has 5 heteroatoms. The molecule has 0 spiro atoms. The zero-order valence-electron chi connectivity index (χ0n) is 10.1. The maximum absolute atomic E-state index is 12.0. The van der Waals surface area contributed by atoms with Gasteiger partial charge in [0.2, 0.25) is 0 Å². The van der Waals surface area contributed by atoms with Crippen molar-refractivity contribution < 1.29 is 14.7 Å². The van der Waals surface area contributed by atoms with E-state index in [9.17, 15) is 14.7 Å². The predicted molar refractivity (Wildman–Crippen MR) is 69.8 cm³/mol. The Kier molecular flexibility index (Phi) is 4.36. The van der Waals surface area contributed by atoms with Crippen molar-refractivity contribution in [1.29, 1.82) is 0 Å². The number of carbonyl (C=O) groups is 2. The van der Waals surface area contributed by atoms with E-state index in [2.05, 4.69) is 5.32 Å². The highest BCUT2D eigenvalue weighted by Gasteiger charge is 2.30. The van der Waals surface area contributed by atoms with Crippen LogP contribution in [0.3, 0.4) is 0 Å². The van der Waals surface area contributed by atoms with Crippen molar-refractivity contribution in [2.45, 2.75) is 38.1 Å². The Morgan fingerprint density at radius 2 is 2.06 bits per heavy atom. The topological polar surface area (TPSA) is 66.4 Å².